The molecule has 0 radical (unpaired) electrons. The zero-order chi connectivity index (χ0) is 21.5. The highest BCUT2D eigenvalue weighted by molar-refractivity contribution is 5.91. The van der Waals surface area contributed by atoms with E-state index in [0.717, 1.165) is 18.5 Å². The van der Waals surface area contributed by atoms with Crippen molar-refractivity contribution in [2.24, 2.45) is 0 Å². The van der Waals surface area contributed by atoms with E-state index in [9.17, 15) is 9.90 Å². The molecule has 2 aliphatic rings. The Balaban J connectivity index is 1.57. The van der Waals surface area contributed by atoms with Gasteiger partial charge in [0.05, 0.1) is 24.8 Å². The summed E-state index contributed by atoms with van der Waals surface area (Å²) in [5, 5.41) is 12.5. The molecule has 0 amide bonds. The molecule has 4 heterocycles. The first-order valence-electron chi connectivity index (χ1n) is 11.2. The quantitative estimate of drug-likeness (QED) is 0.635. The monoisotopic (exact) mass is 419 g/mol. The fourth-order valence-electron chi connectivity index (χ4n) is 5.41. The second-order valence-corrected chi connectivity index (χ2v) is 8.63. The van der Waals surface area contributed by atoms with Crippen LogP contribution in [0, 0.1) is 6.92 Å². The first-order chi connectivity index (χ1) is 15.1. The summed E-state index contributed by atoms with van der Waals surface area (Å²) in [7, 11) is 0. The number of hydrogen-bond donors (Lipinski definition) is 1. The van der Waals surface area contributed by atoms with E-state index in [0.29, 0.717) is 23.7 Å². The minimum absolute atomic E-state index is 0.288. The lowest BCUT2D eigenvalue weighted by atomic mass is 9.95. The van der Waals surface area contributed by atoms with Crippen LogP contribution in [-0.4, -0.2) is 45.2 Å². The van der Waals surface area contributed by atoms with E-state index in [4.69, 9.17) is 4.74 Å². The summed E-state index contributed by atoms with van der Waals surface area (Å²) in [5.74, 6) is -0.443. The van der Waals surface area contributed by atoms with Gasteiger partial charge in [-0.1, -0.05) is 11.6 Å². The SMILES string of the molecule is CCOC(=O)c1cnccc1C(O)Cn1c2c(c3cc(C)ccc31)C1CCCN1CC2. The number of aliphatic hydroxyl groups excluding tert-OH is 1. The summed E-state index contributed by atoms with van der Waals surface area (Å²) in [6, 6.07) is 8.79. The van der Waals surface area contributed by atoms with Crippen LogP contribution in [0.5, 0.6) is 0 Å². The summed E-state index contributed by atoms with van der Waals surface area (Å²) in [4.78, 5) is 19.1. The molecule has 1 N–H and O–H groups in total. The van der Waals surface area contributed by atoms with E-state index in [2.05, 4.69) is 39.6 Å². The first kappa shape index (κ1) is 20.2. The van der Waals surface area contributed by atoms with Crippen molar-refractivity contribution >= 4 is 16.9 Å². The highest BCUT2D eigenvalue weighted by Gasteiger charge is 2.35. The number of rotatable bonds is 5. The second kappa shape index (κ2) is 8.09. The van der Waals surface area contributed by atoms with Crippen LogP contribution in [0.25, 0.3) is 10.9 Å². The number of aryl methyl sites for hydroxylation is 1. The maximum absolute atomic E-state index is 12.4. The maximum atomic E-state index is 12.4. The molecule has 6 nitrogen and oxygen atoms in total. The number of aliphatic hydroxyl groups is 1. The number of esters is 1. The number of carbonyl (C=O) groups excluding carboxylic acids is 1. The Labute approximate surface area is 182 Å². The maximum Gasteiger partial charge on any atom is 0.340 e. The standard InChI is InChI=1S/C25H29N3O3/c1-3-31-25(30)19-14-26-10-8-17(19)23(29)15-28-20-7-6-16(2)13-18(20)24-21-5-4-11-27(21)12-9-22(24)28/h6-8,10,13-14,21,23,29H,3-5,9,11-12,15H2,1-2H3. The Morgan fingerprint density at radius 2 is 2.19 bits per heavy atom. The largest absolute Gasteiger partial charge is 0.462 e. The van der Waals surface area contributed by atoms with Crippen LogP contribution in [-0.2, 0) is 17.7 Å². The topological polar surface area (TPSA) is 67.6 Å². The molecule has 0 aliphatic carbocycles. The molecule has 2 aliphatic heterocycles. The van der Waals surface area contributed by atoms with Gasteiger partial charge < -0.3 is 14.4 Å². The van der Waals surface area contributed by atoms with Crippen molar-refractivity contribution in [3.8, 4) is 0 Å². The summed E-state index contributed by atoms with van der Waals surface area (Å²) in [6.07, 6.45) is 5.69. The van der Waals surface area contributed by atoms with Gasteiger partial charge in [-0.3, -0.25) is 9.88 Å². The van der Waals surface area contributed by atoms with E-state index in [1.807, 2.05) is 0 Å². The molecule has 1 saturated heterocycles. The van der Waals surface area contributed by atoms with Crippen LogP contribution in [0.1, 0.15) is 64.7 Å². The lowest BCUT2D eigenvalue weighted by molar-refractivity contribution is 0.0517. The molecule has 31 heavy (non-hydrogen) atoms. The van der Waals surface area contributed by atoms with Gasteiger partial charge in [0.15, 0.2) is 0 Å². The van der Waals surface area contributed by atoms with E-state index < -0.39 is 12.1 Å². The Morgan fingerprint density at radius 1 is 1.32 bits per heavy atom. The molecule has 0 saturated carbocycles. The van der Waals surface area contributed by atoms with Crippen LogP contribution < -0.4 is 0 Å². The van der Waals surface area contributed by atoms with Gasteiger partial charge in [-0.25, -0.2) is 4.79 Å². The average molecular weight is 420 g/mol. The number of benzene rings is 1. The number of aromatic nitrogens is 2. The molecule has 2 aromatic heterocycles. The number of hydrogen-bond acceptors (Lipinski definition) is 5. The zero-order valence-electron chi connectivity index (χ0n) is 18.2. The van der Waals surface area contributed by atoms with Gasteiger partial charge in [-0.2, -0.15) is 0 Å². The van der Waals surface area contributed by atoms with E-state index in [1.54, 1.807) is 19.2 Å². The smallest absolute Gasteiger partial charge is 0.340 e. The highest BCUT2D eigenvalue weighted by Crippen LogP contribution is 2.43. The highest BCUT2D eigenvalue weighted by atomic mass is 16.5. The lowest BCUT2D eigenvalue weighted by Crippen LogP contribution is -2.31. The Hall–Kier alpha value is -2.70. The van der Waals surface area contributed by atoms with Gasteiger partial charge in [-0.15, -0.1) is 0 Å². The van der Waals surface area contributed by atoms with Crippen molar-refractivity contribution in [3.05, 3.63) is 64.6 Å². The van der Waals surface area contributed by atoms with Gasteiger partial charge >= 0.3 is 5.97 Å². The molecule has 2 unspecified atom stereocenters. The number of ether oxygens (including phenoxy) is 1. The lowest BCUT2D eigenvalue weighted by Gasteiger charge is -2.31. The molecule has 0 spiro atoms. The van der Waals surface area contributed by atoms with Crippen molar-refractivity contribution in [2.45, 2.75) is 51.8 Å². The van der Waals surface area contributed by atoms with Gasteiger partial charge in [0.2, 0.25) is 0 Å². The number of fused-ring (bicyclic) bond motifs is 5. The Bertz CT molecular complexity index is 1140. The molecule has 6 heteroatoms. The van der Waals surface area contributed by atoms with Crippen molar-refractivity contribution in [2.75, 3.05) is 19.7 Å². The minimum Gasteiger partial charge on any atom is -0.462 e. The molecule has 1 fully saturated rings. The van der Waals surface area contributed by atoms with Crippen molar-refractivity contribution in [1.29, 1.82) is 0 Å². The molecule has 2 atom stereocenters. The minimum atomic E-state index is -0.829. The predicted octanol–water partition coefficient (Wildman–Crippen LogP) is 3.95. The van der Waals surface area contributed by atoms with Crippen molar-refractivity contribution in [3.63, 3.8) is 0 Å². The summed E-state index contributed by atoms with van der Waals surface area (Å²) >= 11 is 0. The summed E-state index contributed by atoms with van der Waals surface area (Å²) in [5.41, 5.74) is 6.08. The fraction of sp³-hybridized carbons (Fsp3) is 0.440. The van der Waals surface area contributed by atoms with Crippen molar-refractivity contribution < 1.29 is 14.6 Å². The van der Waals surface area contributed by atoms with Crippen LogP contribution in [0.4, 0.5) is 0 Å². The molecule has 3 aromatic rings. The molecular formula is C25H29N3O3. The van der Waals surface area contributed by atoms with Crippen molar-refractivity contribution in [1.82, 2.24) is 14.5 Å². The molecular weight excluding hydrogens is 390 g/mol. The number of nitrogens with zero attached hydrogens (tertiary/aromatic N) is 3. The average Bonchev–Trinajstić information content (AvgIpc) is 3.36. The zero-order valence-corrected chi connectivity index (χ0v) is 18.2. The van der Waals surface area contributed by atoms with E-state index >= 15 is 0 Å². The second-order valence-electron chi connectivity index (χ2n) is 8.63. The number of pyridine rings is 1. The first-order valence-corrected chi connectivity index (χ1v) is 11.2. The van der Waals surface area contributed by atoms with Gasteiger partial charge in [0.1, 0.15) is 0 Å². The predicted molar refractivity (Wildman–Crippen MR) is 119 cm³/mol. The third-order valence-electron chi connectivity index (χ3n) is 6.77. The fourth-order valence-corrected chi connectivity index (χ4v) is 5.41. The Kier molecular flexibility index (Phi) is 5.28. The molecule has 1 aromatic carbocycles. The van der Waals surface area contributed by atoms with E-state index in [1.165, 1.54) is 47.8 Å². The molecule has 0 bridgehead atoms. The summed E-state index contributed by atoms with van der Waals surface area (Å²) in [6.45, 7) is 6.83. The molecule has 162 valence electrons. The van der Waals surface area contributed by atoms with Gasteiger partial charge in [-0.05, 0) is 62.6 Å². The third-order valence-corrected chi connectivity index (χ3v) is 6.77. The summed E-state index contributed by atoms with van der Waals surface area (Å²) < 4.78 is 7.45. The van der Waals surface area contributed by atoms with Gasteiger partial charge in [0.25, 0.3) is 0 Å². The molecule has 5 rings (SSSR count). The van der Waals surface area contributed by atoms with Crippen LogP contribution in [0.15, 0.2) is 36.7 Å². The normalized spacial score (nSPS) is 19.3. The number of carbonyl (C=O) groups is 1. The van der Waals surface area contributed by atoms with Crippen LogP contribution in [0.3, 0.4) is 0 Å². The third kappa shape index (κ3) is 3.44. The van der Waals surface area contributed by atoms with Crippen LogP contribution in [0.2, 0.25) is 0 Å². The van der Waals surface area contributed by atoms with Gasteiger partial charge in [0, 0.05) is 48.0 Å². The Morgan fingerprint density at radius 3 is 3.03 bits per heavy atom. The van der Waals surface area contributed by atoms with E-state index in [-0.39, 0.29) is 6.61 Å². The van der Waals surface area contributed by atoms with Crippen LogP contribution >= 0.6 is 0 Å².